The Morgan fingerprint density at radius 1 is 1.08 bits per heavy atom. The molecule has 0 spiro atoms. The molecule has 1 fully saturated rings. The third kappa shape index (κ3) is 4.36. The number of hydrogen-bond donors (Lipinski definition) is 3. The van der Waals surface area contributed by atoms with E-state index in [1.807, 2.05) is 18.2 Å². The van der Waals surface area contributed by atoms with Crippen molar-refractivity contribution in [3.63, 3.8) is 0 Å². The van der Waals surface area contributed by atoms with Crippen molar-refractivity contribution in [2.24, 2.45) is 11.7 Å². The van der Waals surface area contributed by atoms with Crippen LogP contribution in [0.25, 0.3) is 0 Å². The van der Waals surface area contributed by atoms with Crippen LogP contribution in [0.3, 0.4) is 0 Å². The molecule has 0 aliphatic heterocycles. The van der Waals surface area contributed by atoms with Crippen LogP contribution in [0.1, 0.15) is 36.9 Å². The molecule has 1 aromatic heterocycles. The maximum atomic E-state index is 6.33. The highest BCUT2D eigenvalue weighted by Crippen LogP contribution is 2.30. The SMILES string of the molecule is Nc1nc(NCc2ccccc2)nc(CC2CCC(N)CC2)c1Cl. The molecular formula is C18H24ClN5. The van der Waals surface area contributed by atoms with E-state index in [2.05, 4.69) is 27.4 Å². The lowest BCUT2D eigenvalue weighted by atomic mass is 9.84. The van der Waals surface area contributed by atoms with E-state index in [0.717, 1.165) is 43.4 Å². The summed E-state index contributed by atoms with van der Waals surface area (Å²) in [6, 6.07) is 10.5. The smallest absolute Gasteiger partial charge is 0.225 e. The number of rotatable bonds is 5. The molecule has 1 saturated carbocycles. The molecule has 1 aliphatic rings. The molecule has 0 atom stereocenters. The Balaban J connectivity index is 1.68. The topological polar surface area (TPSA) is 89.8 Å². The lowest BCUT2D eigenvalue weighted by Gasteiger charge is -2.26. The Morgan fingerprint density at radius 3 is 2.50 bits per heavy atom. The van der Waals surface area contributed by atoms with Crippen molar-refractivity contribution in [2.75, 3.05) is 11.1 Å². The van der Waals surface area contributed by atoms with Crippen LogP contribution in [0.2, 0.25) is 5.02 Å². The first-order chi connectivity index (χ1) is 11.6. The molecule has 3 rings (SSSR count). The van der Waals surface area contributed by atoms with Gasteiger partial charge in [0.25, 0.3) is 0 Å². The average Bonchev–Trinajstić information content (AvgIpc) is 2.60. The number of hydrogen-bond acceptors (Lipinski definition) is 5. The summed E-state index contributed by atoms with van der Waals surface area (Å²) >= 11 is 6.33. The number of benzene rings is 1. The molecule has 0 bridgehead atoms. The second-order valence-corrected chi connectivity index (χ2v) is 6.90. The highest BCUT2D eigenvalue weighted by atomic mass is 35.5. The molecule has 1 aliphatic carbocycles. The number of aromatic nitrogens is 2. The van der Waals surface area contributed by atoms with Crippen molar-refractivity contribution in [1.82, 2.24) is 9.97 Å². The van der Waals surface area contributed by atoms with Gasteiger partial charge in [-0.15, -0.1) is 0 Å². The van der Waals surface area contributed by atoms with Crippen LogP contribution in [-0.2, 0) is 13.0 Å². The Bertz CT molecular complexity index is 669. The van der Waals surface area contributed by atoms with Gasteiger partial charge in [-0.25, -0.2) is 4.98 Å². The van der Waals surface area contributed by atoms with Crippen molar-refractivity contribution in [3.8, 4) is 0 Å². The lowest BCUT2D eigenvalue weighted by molar-refractivity contribution is 0.323. The summed E-state index contributed by atoms with van der Waals surface area (Å²) in [5, 5.41) is 3.71. The number of anilines is 2. The van der Waals surface area contributed by atoms with Gasteiger partial charge in [0.05, 0.1) is 5.69 Å². The maximum absolute atomic E-state index is 6.33. The van der Waals surface area contributed by atoms with Crippen LogP contribution in [-0.4, -0.2) is 16.0 Å². The molecule has 0 saturated heterocycles. The van der Waals surface area contributed by atoms with Gasteiger partial charge in [-0.3, -0.25) is 0 Å². The number of nitrogen functional groups attached to an aromatic ring is 1. The van der Waals surface area contributed by atoms with Gasteiger partial charge in [0, 0.05) is 12.6 Å². The number of halogens is 1. The van der Waals surface area contributed by atoms with Crippen molar-refractivity contribution in [3.05, 3.63) is 46.6 Å². The second kappa shape index (κ2) is 7.81. The normalized spacial score (nSPS) is 20.8. The quantitative estimate of drug-likeness (QED) is 0.772. The Morgan fingerprint density at radius 2 is 1.79 bits per heavy atom. The van der Waals surface area contributed by atoms with Gasteiger partial charge in [-0.05, 0) is 43.6 Å². The minimum absolute atomic E-state index is 0.338. The molecule has 5 N–H and O–H groups in total. The lowest BCUT2D eigenvalue weighted by Crippen LogP contribution is -2.27. The highest BCUT2D eigenvalue weighted by Gasteiger charge is 2.21. The zero-order valence-electron chi connectivity index (χ0n) is 13.7. The fourth-order valence-corrected chi connectivity index (χ4v) is 3.33. The number of nitrogens with two attached hydrogens (primary N) is 2. The molecule has 1 aromatic carbocycles. The maximum Gasteiger partial charge on any atom is 0.225 e. The predicted octanol–water partition coefficient (Wildman–Crippen LogP) is 3.38. The van der Waals surface area contributed by atoms with Crippen LogP contribution in [0.5, 0.6) is 0 Å². The standard InChI is InChI=1S/C18H24ClN5/c19-16-15(10-12-6-8-14(20)9-7-12)23-18(24-17(16)21)22-11-13-4-2-1-3-5-13/h1-5,12,14H,6-11,20H2,(H3,21,22,23,24). The Kier molecular flexibility index (Phi) is 5.53. The van der Waals surface area contributed by atoms with E-state index in [4.69, 9.17) is 23.1 Å². The van der Waals surface area contributed by atoms with Gasteiger partial charge in [-0.1, -0.05) is 41.9 Å². The van der Waals surface area contributed by atoms with Gasteiger partial charge < -0.3 is 16.8 Å². The predicted molar refractivity (Wildman–Crippen MR) is 98.9 cm³/mol. The molecule has 0 radical (unpaired) electrons. The molecule has 5 nitrogen and oxygen atoms in total. The molecule has 2 aromatic rings. The van der Waals surface area contributed by atoms with Crippen LogP contribution in [0, 0.1) is 5.92 Å². The van der Waals surface area contributed by atoms with E-state index in [1.165, 1.54) is 0 Å². The summed E-state index contributed by atoms with van der Waals surface area (Å²) in [6.07, 6.45) is 5.21. The average molecular weight is 346 g/mol. The van der Waals surface area contributed by atoms with Crippen molar-refractivity contribution in [1.29, 1.82) is 0 Å². The first-order valence-electron chi connectivity index (χ1n) is 8.47. The summed E-state index contributed by atoms with van der Waals surface area (Å²) < 4.78 is 0. The summed E-state index contributed by atoms with van der Waals surface area (Å²) in [5.74, 6) is 1.44. The van der Waals surface area contributed by atoms with E-state index >= 15 is 0 Å². The summed E-state index contributed by atoms with van der Waals surface area (Å²) in [6.45, 7) is 0.652. The molecular weight excluding hydrogens is 322 g/mol. The second-order valence-electron chi connectivity index (χ2n) is 6.52. The van der Waals surface area contributed by atoms with Crippen LogP contribution < -0.4 is 16.8 Å². The van der Waals surface area contributed by atoms with E-state index in [1.54, 1.807) is 0 Å². The molecule has 6 heteroatoms. The fourth-order valence-electron chi connectivity index (χ4n) is 3.17. The zero-order chi connectivity index (χ0) is 16.9. The first kappa shape index (κ1) is 17.0. The van der Waals surface area contributed by atoms with E-state index in [0.29, 0.717) is 35.3 Å². The van der Waals surface area contributed by atoms with E-state index in [9.17, 15) is 0 Å². The number of nitrogens with zero attached hydrogens (tertiary/aromatic N) is 2. The summed E-state index contributed by atoms with van der Waals surface area (Å²) in [7, 11) is 0. The monoisotopic (exact) mass is 345 g/mol. The highest BCUT2D eigenvalue weighted by molar-refractivity contribution is 6.33. The molecule has 24 heavy (non-hydrogen) atoms. The minimum Gasteiger partial charge on any atom is -0.382 e. The summed E-state index contributed by atoms with van der Waals surface area (Å²) in [5.41, 5.74) is 14.0. The molecule has 0 unspecified atom stereocenters. The minimum atomic E-state index is 0.338. The van der Waals surface area contributed by atoms with Crippen LogP contribution in [0.15, 0.2) is 30.3 Å². The Labute approximate surface area is 147 Å². The first-order valence-corrected chi connectivity index (χ1v) is 8.85. The zero-order valence-corrected chi connectivity index (χ0v) is 14.5. The summed E-state index contributed by atoms with van der Waals surface area (Å²) in [4.78, 5) is 8.85. The number of nitrogens with one attached hydrogen (secondary N) is 1. The third-order valence-electron chi connectivity index (χ3n) is 4.61. The van der Waals surface area contributed by atoms with Crippen molar-refractivity contribution in [2.45, 2.75) is 44.7 Å². The van der Waals surface area contributed by atoms with Gasteiger partial charge in [-0.2, -0.15) is 4.98 Å². The largest absolute Gasteiger partial charge is 0.382 e. The van der Waals surface area contributed by atoms with Crippen molar-refractivity contribution >= 4 is 23.4 Å². The van der Waals surface area contributed by atoms with Gasteiger partial charge >= 0.3 is 0 Å². The van der Waals surface area contributed by atoms with E-state index in [-0.39, 0.29) is 0 Å². The van der Waals surface area contributed by atoms with Gasteiger partial charge in [0.1, 0.15) is 10.8 Å². The Hall–Kier alpha value is -1.85. The van der Waals surface area contributed by atoms with Crippen LogP contribution in [0.4, 0.5) is 11.8 Å². The fraction of sp³-hybridized carbons (Fsp3) is 0.444. The molecule has 128 valence electrons. The van der Waals surface area contributed by atoms with Gasteiger partial charge in [0.15, 0.2) is 0 Å². The third-order valence-corrected chi connectivity index (χ3v) is 5.02. The van der Waals surface area contributed by atoms with Crippen LogP contribution >= 0.6 is 11.6 Å². The van der Waals surface area contributed by atoms with Crippen molar-refractivity contribution < 1.29 is 0 Å². The molecule has 1 heterocycles. The van der Waals surface area contributed by atoms with E-state index < -0.39 is 0 Å². The van der Waals surface area contributed by atoms with Gasteiger partial charge in [0.2, 0.25) is 5.95 Å². The molecule has 0 amide bonds.